The number of aromatic nitrogens is 1. The number of methoxy groups -OCH3 is 1. The van der Waals surface area contributed by atoms with Gasteiger partial charge in [0.05, 0.1) is 13.0 Å². The van der Waals surface area contributed by atoms with Gasteiger partial charge >= 0.3 is 0 Å². The molecule has 0 spiro atoms. The molecule has 3 aromatic rings. The quantitative estimate of drug-likeness (QED) is 0.474. The molecule has 0 N–H and O–H groups in total. The van der Waals surface area contributed by atoms with E-state index in [2.05, 4.69) is 4.57 Å². The first-order chi connectivity index (χ1) is 13.7. The number of hydrogen-bond acceptors (Lipinski definition) is 3. The van der Waals surface area contributed by atoms with Crippen LogP contribution in [0.25, 0.3) is 0 Å². The van der Waals surface area contributed by atoms with Gasteiger partial charge in [0.1, 0.15) is 5.82 Å². The summed E-state index contributed by atoms with van der Waals surface area (Å²) in [6.45, 7) is 2.47. The average Bonchev–Trinajstić information content (AvgIpc) is 3.35. The van der Waals surface area contributed by atoms with Crippen molar-refractivity contribution in [1.29, 1.82) is 0 Å². The number of carbonyl (C=O) groups is 1. The van der Waals surface area contributed by atoms with Crippen LogP contribution in [0.2, 0.25) is 0 Å². The van der Waals surface area contributed by atoms with Gasteiger partial charge < -0.3 is 14.2 Å². The topological polar surface area (TPSA) is 34.5 Å². The van der Waals surface area contributed by atoms with Crippen molar-refractivity contribution >= 4 is 17.2 Å². The molecule has 0 aliphatic carbocycles. The predicted octanol–water partition coefficient (Wildman–Crippen LogP) is 4.34. The Kier molecular flexibility index (Phi) is 7.39. The van der Waals surface area contributed by atoms with Gasteiger partial charge in [0.2, 0.25) is 5.91 Å². The maximum absolute atomic E-state index is 13.1. The van der Waals surface area contributed by atoms with E-state index in [0.717, 1.165) is 22.6 Å². The first-order valence-electron chi connectivity index (χ1n) is 9.33. The lowest BCUT2D eigenvalue weighted by Gasteiger charge is -2.23. The minimum Gasteiger partial charge on any atom is -0.385 e. The number of hydrogen-bond donors (Lipinski definition) is 0. The van der Waals surface area contributed by atoms with E-state index in [4.69, 9.17) is 4.74 Å². The first-order valence-corrected chi connectivity index (χ1v) is 10.2. The van der Waals surface area contributed by atoms with Crippen molar-refractivity contribution in [3.8, 4) is 0 Å². The highest BCUT2D eigenvalue weighted by Gasteiger charge is 2.16. The summed E-state index contributed by atoms with van der Waals surface area (Å²) in [6.07, 6.45) is 3.21. The smallest absolute Gasteiger partial charge is 0.228 e. The second kappa shape index (κ2) is 10.2. The van der Waals surface area contributed by atoms with Crippen molar-refractivity contribution in [3.05, 3.63) is 82.1 Å². The Hall–Kier alpha value is -2.44. The van der Waals surface area contributed by atoms with Crippen LogP contribution in [0.3, 0.4) is 0 Å². The van der Waals surface area contributed by atoms with Crippen LogP contribution in [-0.2, 0) is 29.0 Å². The first kappa shape index (κ1) is 20.3. The number of rotatable bonds is 10. The van der Waals surface area contributed by atoms with Gasteiger partial charge in [-0.05, 0) is 47.7 Å². The summed E-state index contributed by atoms with van der Waals surface area (Å²) in [5, 5.41) is 1.99. The largest absolute Gasteiger partial charge is 0.385 e. The monoisotopic (exact) mass is 400 g/mol. The number of carbonyl (C=O) groups excluding carboxylic acids is 1. The van der Waals surface area contributed by atoms with Gasteiger partial charge in [0.15, 0.2) is 0 Å². The Morgan fingerprint density at radius 2 is 2.00 bits per heavy atom. The highest BCUT2D eigenvalue weighted by Crippen LogP contribution is 2.15. The molecule has 0 bridgehead atoms. The van der Waals surface area contributed by atoms with Gasteiger partial charge in [-0.15, -0.1) is 11.3 Å². The molecule has 6 heteroatoms. The van der Waals surface area contributed by atoms with E-state index in [1.54, 1.807) is 30.6 Å². The molecule has 0 radical (unpaired) electrons. The predicted molar refractivity (Wildman–Crippen MR) is 110 cm³/mol. The third kappa shape index (κ3) is 5.78. The molecule has 3 rings (SSSR count). The van der Waals surface area contributed by atoms with Crippen molar-refractivity contribution in [3.63, 3.8) is 0 Å². The Morgan fingerprint density at radius 3 is 2.71 bits per heavy atom. The van der Waals surface area contributed by atoms with E-state index in [1.165, 1.54) is 12.1 Å². The molecule has 0 aliphatic rings. The van der Waals surface area contributed by atoms with Gasteiger partial charge in [-0.3, -0.25) is 4.79 Å². The van der Waals surface area contributed by atoms with E-state index in [9.17, 15) is 9.18 Å². The van der Waals surface area contributed by atoms with Crippen molar-refractivity contribution in [1.82, 2.24) is 9.47 Å². The van der Waals surface area contributed by atoms with Gasteiger partial charge in [0, 0.05) is 43.6 Å². The summed E-state index contributed by atoms with van der Waals surface area (Å²) in [6, 6.07) is 14.5. The summed E-state index contributed by atoms with van der Waals surface area (Å²) in [5.41, 5.74) is 2.08. The molecule has 0 fully saturated rings. The molecule has 0 saturated heterocycles. The minimum absolute atomic E-state index is 0.119. The fourth-order valence-electron chi connectivity index (χ4n) is 3.10. The zero-order valence-electron chi connectivity index (χ0n) is 16.0. The van der Waals surface area contributed by atoms with E-state index >= 15 is 0 Å². The fourth-order valence-corrected chi connectivity index (χ4v) is 3.79. The number of benzene rings is 1. The van der Waals surface area contributed by atoms with Crippen molar-refractivity contribution in [2.75, 3.05) is 20.3 Å². The molecular weight excluding hydrogens is 375 g/mol. The van der Waals surface area contributed by atoms with E-state index < -0.39 is 0 Å². The highest BCUT2D eigenvalue weighted by atomic mass is 32.1. The number of nitrogens with zero attached hydrogens (tertiary/aromatic N) is 2. The summed E-state index contributed by atoms with van der Waals surface area (Å²) >= 11 is 1.60. The molecule has 0 aliphatic heterocycles. The van der Waals surface area contributed by atoms with Gasteiger partial charge in [-0.1, -0.05) is 18.2 Å². The molecule has 2 aromatic heterocycles. The van der Waals surface area contributed by atoms with Crippen LogP contribution in [0.4, 0.5) is 4.39 Å². The van der Waals surface area contributed by atoms with Crippen LogP contribution in [0.15, 0.2) is 60.1 Å². The van der Waals surface area contributed by atoms with Gasteiger partial charge in [0.25, 0.3) is 0 Å². The lowest BCUT2D eigenvalue weighted by atomic mass is 10.2. The van der Waals surface area contributed by atoms with Crippen LogP contribution >= 0.6 is 11.3 Å². The molecule has 4 nitrogen and oxygen atoms in total. The zero-order chi connectivity index (χ0) is 19.8. The summed E-state index contributed by atoms with van der Waals surface area (Å²) < 4.78 is 20.4. The minimum atomic E-state index is -0.236. The van der Waals surface area contributed by atoms with Crippen LogP contribution in [-0.4, -0.2) is 35.6 Å². The lowest BCUT2D eigenvalue weighted by Crippen LogP contribution is -2.34. The normalized spacial score (nSPS) is 10.9. The number of ether oxygens (including phenoxy) is 1. The maximum atomic E-state index is 13.1. The summed E-state index contributed by atoms with van der Waals surface area (Å²) in [4.78, 5) is 15.8. The van der Waals surface area contributed by atoms with Crippen molar-refractivity contribution in [2.24, 2.45) is 0 Å². The SMILES string of the molecule is COCCCN(Cc1cccn1Cc1ccc(F)cc1)C(=O)Cc1cccs1. The Bertz CT molecular complexity index is 859. The van der Waals surface area contributed by atoms with Crippen molar-refractivity contribution < 1.29 is 13.9 Å². The zero-order valence-corrected chi connectivity index (χ0v) is 16.8. The second-order valence-electron chi connectivity index (χ2n) is 6.67. The third-order valence-electron chi connectivity index (χ3n) is 4.58. The number of amides is 1. The number of thiophene rings is 1. The average molecular weight is 401 g/mol. The third-order valence-corrected chi connectivity index (χ3v) is 5.45. The highest BCUT2D eigenvalue weighted by molar-refractivity contribution is 7.10. The number of halogens is 1. The molecule has 0 saturated carbocycles. The standard InChI is InChI=1S/C22H25FN2O2S/c1-27-13-4-12-25(22(26)15-21-6-3-14-28-21)17-20-5-2-11-24(20)16-18-7-9-19(23)10-8-18/h2-3,5-11,14H,4,12-13,15-17H2,1H3. The molecule has 148 valence electrons. The fraction of sp³-hybridized carbons (Fsp3) is 0.318. The van der Waals surface area contributed by atoms with E-state index in [-0.39, 0.29) is 11.7 Å². The Morgan fingerprint density at radius 1 is 1.18 bits per heavy atom. The summed E-state index contributed by atoms with van der Waals surface area (Å²) in [7, 11) is 1.67. The molecule has 1 aromatic carbocycles. The van der Waals surface area contributed by atoms with Crippen molar-refractivity contribution in [2.45, 2.75) is 25.9 Å². The van der Waals surface area contributed by atoms with E-state index in [0.29, 0.717) is 32.7 Å². The molecular formula is C22H25FN2O2S. The lowest BCUT2D eigenvalue weighted by molar-refractivity contribution is -0.131. The van der Waals surface area contributed by atoms with E-state index in [1.807, 2.05) is 40.7 Å². The Balaban J connectivity index is 1.70. The second-order valence-corrected chi connectivity index (χ2v) is 7.70. The van der Waals surface area contributed by atoms with Gasteiger partial charge in [-0.2, -0.15) is 0 Å². The van der Waals surface area contributed by atoms with Crippen LogP contribution in [0.5, 0.6) is 0 Å². The summed E-state index contributed by atoms with van der Waals surface area (Å²) in [5.74, 6) is -0.118. The van der Waals surface area contributed by atoms with Crippen LogP contribution in [0, 0.1) is 5.82 Å². The van der Waals surface area contributed by atoms with Crippen LogP contribution in [0.1, 0.15) is 22.6 Å². The molecule has 28 heavy (non-hydrogen) atoms. The molecule has 2 heterocycles. The van der Waals surface area contributed by atoms with Crippen LogP contribution < -0.4 is 0 Å². The molecule has 1 amide bonds. The Labute approximate surface area is 169 Å². The molecule has 0 unspecified atom stereocenters. The van der Waals surface area contributed by atoms with Gasteiger partial charge in [-0.25, -0.2) is 4.39 Å². The molecule has 0 atom stereocenters. The maximum Gasteiger partial charge on any atom is 0.228 e.